The zero-order chi connectivity index (χ0) is 34.6. The second kappa shape index (κ2) is 16.7. The van der Waals surface area contributed by atoms with Gasteiger partial charge in [0, 0.05) is 21.1 Å². The molecule has 2 aromatic rings. The van der Waals surface area contributed by atoms with Gasteiger partial charge in [0.25, 0.3) is 11.4 Å². The molecule has 244 valence electrons. The van der Waals surface area contributed by atoms with E-state index in [1.807, 2.05) is 0 Å². The number of amides is 1. The van der Waals surface area contributed by atoms with Gasteiger partial charge in [0.15, 0.2) is 0 Å². The highest BCUT2D eigenvalue weighted by atomic mass is 79.9. The molecular weight excluding hydrogens is 716 g/mol. The molecule has 0 unspecified atom stereocenters. The molecular formula is C27H36Br2N4O11. The molecule has 0 aliphatic carbocycles. The topological polar surface area (TPSA) is 212 Å². The molecule has 0 aliphatic heterocycles. The van der Waals surface area contributed by atoms with Crippen molar-refractivity contribution < 1.29 is 43.2 Å². The van der Waals surface area contributed by atoms with Gasteiger partial charge < -0.3 is 24.7 Å². The van der Waals surface area contributed by atoms with Crippen molar-refractivity contribution >= 4 is 73.0 Å². The molecule has 15 nitrogen and oxygen atoms in total. The van der Waals surface area contributed by atoms with E-state index < -0.39 is 45.1 Å². The van der Waals surface area contributed by atoms with Crippen LogP contribution in [0.25, 0.3) is 0 Å². The molecule has 2 aromatic carbocycles. The van der Waals surface area contributed by atoms with Gasteiger partial charge in [0.2, 0.25) is 0 Å². The normalized spacial score (nSPS) is 10.9. The zero-order valence-electron chi connectivity index (χ0n) is 25.7. The Bertz CT molecular complexity index is 1320. The monoisotopic (exact) mass is 750 g/mol. The summed E-state index contributed by atoms with van der Waals surface area (Å²) < 4.78 is 20.0. The Hall–Kier alpha value is -3.99. The number of hydrogen-bond acceptors (Lipinski definition) is 12. The van der Waals surface area contributed by atoms with Crippen molar-refractivity contribution in [2.24, 2.45) is 0 Å². The van der Waals surface area contributed by atoms with Gasteiger partial charge in [0.1, 0.15) is 28.2 Å². The molecule has 0 saturated heterocycles. The molecule has 1 amide bonds. The lowest BCUT2D eigenvalue weighted by Gasteiger charge is -2.20. The number of nitrogens with one attached hydrogen (secondary N) is 1. The first-order valence-corrected chi connectivity index (χ1v) is 14.2. The van der Waals surface area contributed by atoms with Crippen LogP contribution in [0, 0.1) is 20.2 Å². The molecule has 0 fully saturated rings. The third-order valence-corrected chi connectivity index (χ3v) is 4.91. The first-order chi connectivity index (χ1) is 19.8. The van der Waals surface area contributed by atoms with Crippen LogP contribution in [0.1, 0.15) is 62.3 Å². The summed E-state index contributed by atoms with van der Waals surface area (Å²) >= 11 is 6.24. The van der Waals surface area contributed by atoms with Crippen molar-refractivity contribution in [2.75, 3.05) is 11.1 Å². The number of rotatable bonds is 3. The van der Waals surface area contributed by atoms with Gasteiger partial charge >= 0.3 is 18.4 Å². The van der Waals surface area contributed by atoms with E-state index in [4.69, 9.17) is 19.9 Å². The van der Waals surface area contributed by atoms with Gasteiger partial charge in [-0.2, -0.15) is 0 Å². The fourth-order valence-corrected chi connectivity index (χ4v) is 3.16. The van der Waals surface area contributed by atoms with Gasteiger partial charge in [-0.1, -0.05) is 31.9 Å². The number of nitrogens with two attached hydrogens (primary N) is 1. The summed E-state index contributed by atoms with van der Waals surface area (Å²) in [4.78, 5) is 53.6. The molecule has 0 aliphatic rings. The number of halogens is 2. The maximum atomic E-state index is 11.5. The number of nitrogens with zero attached hydrogens (tertiary/aromatic N) is 2. The number of nitro groups is 2. The minimum Gasteiger partial charge on any atom is -0.444 e. The van der Waals surface area contributed by atoms with Crippen LogP contribution in [0.3, 0.4) is 0 Å². The molecule has 0 spiro atoms. The molecule has 17 heteroatoms. The maximum Gasteiger partial charge on any atom is 0.519 e. The Morgan fingerprint density at radius 1 is 0.705 bits per heavy atom. The van der Waals surface area contributed by atoms with Crippen LogP contribution in [-0.2, 0) is 18.9 Å². The molecule has 0 atom stereocenters. The fourth-order valence-electron chi connectivity index (χ4n) is 2.46. The van der Waals surface area contributed by atoms with Gasteiger partial charge in [-0.3, -0.25) is 25.5 Å². The van der Waals surface area contributed by atoms with Gasteiger partial charge in [-0.05, 0) is 86.6 Å². The van der Waals surface area contributed by atoms with Crippen LogP contribution >= 0.6 is 31.9 Å². The highest BCUT2D eigenvalue weighted by Crippen LogP contribution is 2.28. The molecule has 0 radical (unpaired) electrons. The molecule has 0 heterocycles. The van der Waals surface area contributed by atoms with Gasteiger partial charge in [-0.25, -0.2) is 14.4 Å². The number of carbonyl (C=O) groups excluding carboxylic acids is 3. The van der Waals surface area contributed by atoms with Crippen molar-refractivity contribution in [3.05, 3.63) is 65.6 Å². The fraction of sp³-hybridized carbons (Fsp3) is 0.444. The van der Waals surface area contributed by atoms with Crippen molar-refractivity contribution in [1.29, 1.82) is 0 Å². The summed E-state index contributed by atoms with van der Waals surface area (Å²) in [6.45, 7) is 15.2. The van der Waals surface area contributed by atoms with Crippen LogP contribution in [0.2, 0.25) is 0 Å². The summed E-state index contributed by atoms with van der Waals surface area (Å²) in [6.07, 6.45) is -2.85. The van der Waals surface area contributed by atoms with E-state index in [1.54, 1.807) is 74.4 Å². The second-order valence-corrected chi connectivity index (χ2v) is 13.4. The van der Waals surface area contributed by atoms with Crippen LogP contribution in [0.15, 0.2) is 45.3 Å². The molecule has 3 N–H and O–H groups in total. The number of carbonyl (C=O) groups is 3. The summed E-state index contributed by atoms with van der Waals surface area (Å²) in [5.41, 5.74) is 3.28. The van der Waals surface area contributed by atoms with Gasteiger partial charge in [-0.15, -0.1) is 0 Å². The van der Waals surface area contributed by atoms with E-state index in [9.17, 15) is 34.6 Å². The van der Waals surface area contributed by atoms with Crippen molar-refractivity contribution in [3.8, 4) is 0 Å². The summed E-state index contributed by atoms with van der Waals surface area (Å²) in [5, 5.41) is 23.5. The Balaban J connectivity index is 0.000000649. The van der Waals surface area contributed by atoms with Crippen LogP contribution in [0.4, 0.5) is 37.1 Å². The smallest absolute Gasteiger partial charge is 0.444 e. The van der Waals surface area contributed by atoms with Gasteiger partial charge in [0.05, 0.1) is 9.85 Å². The zero-order valence-corrected chi connectivity index (χ0v) is 28.9. The standard InChI is InChI=1S/C11H13BrN2O4.C10H18O5.C6H5BrN2O2/c1-11(2,3)18-10(15)13-8-5-4-7(12)6-9(8)14(16)17;1-9(2,3)14-7(11)13-8(12)15-10(4,5)6;7-4-1-2-5(8)6(3-4)9(10)11/h4-6H,1-3H3,(H,13,15);1-6H3;1-3H,8H2. The van der Waals surface area contributed by atoms with E-state index in [0.717, 1.165) is 0 Å². The lowest BCUT2D eigenvalue weighted by atomic mass is 10.2. The minimum absolute atomic E-state index is 0.0700. The number of benzene rings is 2. The van der Waals surface area contributed by atoms with Crippen LogP contribution < -0.4 is 11.1 Å². The van der Waals surface area contributed by atoms with Crippen LogP contribution in [-0.4, -0.2) is 45.1 Å². The van der Waals surface area contributed by atoms with Crippen molar-refractivity contribution in [1.82, 2.24) is 0 Å². The Labute approximate surface area is 271 Å². The van der Waals surface area contributed by atoms with Crippen LogP contribution in [0.5, 0.6) is 0 Å². The second-order valence-electron chi connectivity index (χ2n) is 11.5. The van der Waals surface area contributed by atoms with E-state index in [0.29, 0.717) is 8.95 Å². The lowest BCUT2D eigenvalue weighted by Crippen LogP contribution is -2.29. The van der Waals surface area contributed by atoms with Crippen molar-refractivity contribution in [3.63, 3.8) is 0 Å². The van der Waals surface area contributed by atoms with E-state index >= 15 is 0 Å². The number of hydrogen-bond donors (Lipinski definition) is 2. The number of nitro benzene ring substituents is 2. The quantitative estimate of drug-likeness (QED) is 0.0754. The third kappa shape index (κ3) is 18.5. The first kappa shape index (κ1) is 40.0. The number of anilines is 2. The predicted molar refractivity (Wildman–Crippen MR) is 169 cm³/mol. The highest BCUT2D eigenvalue weighted by molar-refractivity contribution is 9.10. The SMILES string of the molecule is CC(C)(C)OC(=O)Nc1ccc(Br)cc1[N+](=O)[O-].CC(C)(C)OC(=O)OC(=O)OC(C)(C)C.Nc1ccc(Br)cc1[N+](=O)[O-]. The molecule has 0 bridgehead atoms. The number of ether oxygens (including phenoxy) is 4. The Morgan fingerprint density at radius 2 is 1.09 bits per heavy atom. The first-order valence-electron chi connectivity index (χ1n) is 12.6. The van der Waals surface area contributed by atoms with E-state index in [1.165, 1.54) is 24.3 Å². The molecule has 0 aromatic heterocycles. The lowest BCUT2D eigenvalue weighted by molar-refractivity contribution is -0.384. The van der Waals surface area contributed by atoms with E-state index in [2.05, 4.69) is 41.9 Å². The predicted octanol–water partition coefficient (Wildman–Crippen LogP) is 8.52. The van der Waals surface area contributed by atoms with Crippen molar-refractivity contribution in [2.45, 2.75) is 79.1 Å². The molecule has 2 rings (SSSR count). The molecule has 44 heavy (non-hydrogen) atoms. The summed E-state index contributed by atoms with van der Waals surface area (Å²) in [6, 6.07) is 8.86. The highest BCUT2D eigenvalue weighted by Gasteiger charge is 2.24. The third-order valence-electron chi connectivity index (χ3n) is 3.93. The summed E-state index contributed by atoms with van der Waals surface area (Å²) in [7, 11) is 0. The molecule has 0 saturated carbocycles. The Kier molecular flexibility index (Phi) is 15.2. The van der Waals surface area contributed by atoms with E-state index in [-0.39, 0.29) is 22.7 Å². The number of nitrogen functional groups attached to an aromatic ring is 1. The summed E-state index contributed by atoms with van der Waals surface area (Å²) in [5.74, 6) is 0. The average Bonchev–Trinajstić information content (AvgIpc) is 2.78. The maximum absolute atomic E-state index is 11.5. The average molecular weight is 752 g/mol. The largest absolute Gasteiger partial charge is 0.519 e. The Morgan fingerprint density at radius 3 is 1.45 bits per heavy atom. The minimum atomic E-state index is -1.06.